The van der Waals surface area contributed by atoms with Gasteiger partial charge in [0.05, 0.1) is 11.9 Å². The summed E-state index contributed by atoms with van der Waals surface area (Å²) in [7, 11) is 0. The van der Waals surface area contributed by atoms with Crippen molar-refractivity contribution in [3.63, 3.8) is 0 Å². The lowest BCUT2D eigenvalue weighted by Crippen LogP contribution is -1.93. The summed E-state index contributed by atoms with van der Waals surface area (Å²) in [4.78, 5) is 8.28. The fourth-order valence-corrected chi connectivity index (χ4v) is 2.06. The van der Waals surface area contributed by atoms with Gasteiger partial charge in [-0.05, 0) is 12.1 Å². The van der Waals surface area contributed by atoms with E-state index in [0.717, 1.165) is 16.8 Å². The Hall–Kier alpha value is -3.02. The van der Waals surface area contributed by atoms with Crippen LogP contribution >= 0.6 is 0 Å². The molecule has 0 radical (unpaired) electrons. The minimum Gasteiger partial charge on any atom is -0.240 e. The number of aromatic nitrogens is 6. The molecule has 0 atom stereocenters. The molecule has 0 spiro atoms. The zero-order valence-corrected chi connectivity index (χ0v) is 10.5. The Morgan fingerprint density at radius 1 is 0.800 bits per heavy atom. The number of hydrogen-bond donors (Lipinski definition) is 0. The molecule has 0 saturated carbocycles. The summed E-state index contributed by atoms with van der Waals surface area (Å²) in [5.41, 5.74) is 2.96. The third-order valence-corrected chi connectivity index (χ3v) is 3.07. The number of benzene rings is 1. The molecule has 0 amide bonds. The van der Waals surface area contributed by atoms with E-state index in [2.05, 4.69) is 20.2 Å². The molecule has 20 heavy (non-hydrogen) atoms. The lowest BCUT2D eigenvalue weighted by Gasteiger charge is -1.99. The van der Waals surface area contributed by atoms with E-state index >= 15 is 0 Å². The van der Waals surface area contributed by atoms with Crippen LogP contribution in [0.2, 0.25) is 0 Å². The molecule has 1 aromatic carbocycles. The van der Waals surface area contributed by atoms with Crippen molar-refractivity contribution < 1.29 is 0 Å². The number of para-hydroxylation sites is 1. The molecular formula is C14H10N6. The lowest BCUT2D eigenvalue weighted by atomic mass is 10.2. The van der Waals surface area contributed by atoms with E-state index < -0.39 is 0 Å². The second kappa shape index (κ2) is 4.27. The fourth-order valence-electron chi connectivity index (χ4n) is 2.06. The molecule has 4 rings (SSSR count). The molecule has 0 saturated heterocycles. The van der Waals surface area contributed by atoms with E-state index in [4.69, 9.17) is 0 Å². The first-order chi connectivity index (χ1) is 9.90. The predicted octanol–water partition coefficient (Wildman–Crippen LogP) is 1.98. The standard InChI is InChI=1S/C14H10N6/c1-2-4-13(5-3-1)19-8-12(7-17-19)11-6-15-14-16-10-18-20(14)9-11/h1-10H. The van der Waals surface area contributed by atoms with Crippen LogP contribution in [0.5, 0.6) is 0 Å². The molecule has 96 valence electrons. The topological polar surface area (TPSA) is 60.9 Å². The summed E-state index contributed by atoms with van der Waals surface area (Å²) in [5, 5.41) is 8.46. The Morgan fingerprint density at radius 2 is 1.65 bits per heavy atom. The summed E-state index contributed by atoms with van der Waals surface area (Å²) in [6.07, 6.45) is 8.93. The van der Waals surface area contributed by atoms with E-state index in [1.54, 1.807) is 10.7 Å². The van der Waals surface area contributed by atoms with Gasteiger partial charge in [-0.25, -0.2) is 14.2 Å². The second-order valence-electron chi connectivity index (χ2n) is 4.36. The molecule has 0 unspecified atom stereocenters. The first-order valence-electron chi connectivity index (χ1n) is 6.16. The Morgan fingerprint density at radius 3 is 2.55 bits per heavy atom. The highest BCUT2D eigenvalue weighted by molar-refractivity contribution is 5.61. The molecule has 0 fully saturated rings. The summed E-state index contributed by atoms with van der Waals surface area (Å²) < 4.78 is 3.48. The van der Waals surface area contributed by atoms with Gasteiger partial charge in [0.15, 0.2) is 0 Å². The van der Waals surface area contributed by atoms with Crippen LogP contribution in [0.25, 0.3) is 22.6 Å². The maximum Gasteiger partial charge on any atom is 0.252 e. The van der Waals surface area contributed by atoms with Crippen LogP contribution in [0.4, 0.5) is 0 Å². The van der Waals surface area contributed by atoms with Crippen LogP contribution in [0.1, 0.15) is 0 Å². The number of fused-ring (bicyclic) bond motifs is 1. The van der Waals surface area contributed by atoms with Gasteiger partial charge in [-0.1, -0.05) is 18.2 Å². The van der Waals surface area contributed by atoms with Crippen LogP contribution in [-0.4, -0.2) is 29.4 Å². The van der Waals surface area contributed by atoms with Crippen molar-refractivity contribution in [2.75, 3.05) is 0 Å². The highest BCUT2D eigenvalue weighted by Gasteiger charge is 2.05. The van der Waals surface area contributed by atoms with Crippen LogP contribution in [0, 0.1) is 0 Å². The van der Waals surface area contributed by atoms with Crippen molar-refractivity contribution in [2.24, 2.45) is 0 Å². The number of hydrogen-bond acceptors (Lipinski definition) is 4. The molecule has 0 N–H and O–H groups in total. The zero-order valence-electron chi connectivity index (χ0n) is 10.5. The average molecular weight is 262 g/mol. The van der Waals surface area contributed by atoms with Gasteiger partial charge in [0.25, 0.3) is 5.78 Å². The molecule has 6 nitrogen and oxygen atoms in total. The molecule has 0 bridgehead atoms. The minimum absolute atomic E-state index is 0.587. The molecular weight excluding hydrogens is 252 g/mol. The Kier molecular flexibility index (Phi) is 2.32. The predicted molar refractivity (Wildman–Crippen MR) is 73.3 cm³/mol. The third-order valence-electron chi connectivity index (χ3n) is 3.07. The molecule has 0 aliphatic heterocycles. The van der Waals surface area contributed by atoms with Crippen LogP contribution < -0.4 is 0 Å². The lowest BCUT2D eigenvalue weighted by molar-refractivity contribution is 0.880. The molecule has 0 aliphatic carbocycles. The van der Waals surface area contributed by atoms with Crippen molar-refractivity contribution in [3.05, 3.63) is 61.4 Å². The van der Waals surface area contributed by atoms with Gasteiger partial charge in [0.1, 0.15) is 6.33 Å². The highest BCUT2D eigenvalue weighted by Crippen LogP contribution is 2.19. The normalized spacial score (nSPS) is 11.0. The largest absolute Gasteiger partial charge is 0.252 e. The first kappa shape index (κ1) is 10.9. The maximum absolute atomic E-state index is 4.37. The van der Waals surface area contributed by atoms with Crippen LogP contribution in [0.15, 0.2) is 61.4 Å². The monoisotopic (exact) mass is 262 g/mol. The van der Waals surface area contributed by atoms with Crippen molar-refractivity contribution in [1.82, 2.24) is 29.4 Å². The summed E-state index contributed by atoms with van der Waals surface area (Å²) in [6, 6.07) is 9.97. The van der Waals surface area contributed by atoms with Gasteiger partial charge in [-0.2, -0.15) is 15.2 Å². The van der Waals surface area contributed by atoms with Gasteiger partial charge in [-0.15, -0.1) is 0 Å². The number of rotatable bonds is 2. The van der Waals surface area contributed by atoms with Gasteiger partial charge in [-0.3, -0.25) is 0 Å². The van der Waals surface area contributed by atoms with E-state index in [-0.39, 0.29) is 0 Å². The molecule has 3 aromatic heterocycles. The van der Waals surface area contributed by atoms with Gasteiger partial charge in [0, 0.05) is 29.7 Å². The van der Waals surface area contributed by atoms with E-state index in [1.807, 2.05) is 53.6 Å². The first-order valence-corrected chi connectivity index (χ1v) is 6.16. The quantitative estimate of drug-likeness (QED) is 0.554. The Labute approximate surface area is 114 Å². The van der Waals surface area contributed by atoms with Gasteiger partial charge in [0.2, 0.25) is 0 Å². The smallest absolute Gasteiger partial charge is 0.240 e. The molecule has 6 heteroatoms. The van der Waals surface area contributed by atoms with E-state index in [0.29, 0.717) is 5.78 Å². The van der Waals surface area contributed by atoms with Gasteiger partial charge >= 0.3 is 0 Å². The summed E-state index contributed by atoms with van der Waals surface area (Å²) in [6.45, 7) is 0. The van der Waals surface area contributed by atoms with Crippen LogP contribution in [-0.2, 0) is 0 Å². The Bertz CT molecular complexity index is 861. The molecule has 4 aromatic rings. The second-order valence-corrected chi connectivity index (χ2v) is 4.36. The van der Waals surface area contributed by atoms with Crippen molar-refractivity contribution in [1.29, 1.82) is 0 Å². The van der Waals surface area contributed by atoms with Crippen molar-refractivity contribution >= 4 is 5.78 Å². The molecule has 0 aliphatic rings. The number of nitrogens with zero attached hydrogens (tertiary/aromatic N) is 6. The average Bonchev–Trinajstić information content (AvgIpc) is 3.16. The van der Waals surface area contributed by atoms with E-state index in [9.17, 15) is 0 Å². The zero-order chi connectivity index (χ0) is 13.4. The van der Waals surface area contributed by atoms with Crippen molar-refractivity contribution in [2.45, 2.75) is 0 Å². The minimum atomic E-state index is 0.587. The Balaban J connectivity index is 1.77. The fraction of sp³-hybridized carbons (Fsp3) is 0. The molecule has 3 heterocycles. The SMILES string of the molecule is c1ccc(-n2cc(-c3cnc4ncnn4c3)cn2)cc1. The van der Waals surface area contributed by atoms with Gasteiger partial charge < -0.3 is 0 Å². The van der Waals surface area contributed by atoms with Crippen LogP contribution in [0.3, 0.4) is 0 Å². The third kappa shape index (κ3) is 1.74. The highest BCUT2D eigenvalue weighted by atomic mass is 15.3. The summed E-state index contributed by atoms with van der Waals surface area (Å²) >= 11 is 0. The summed E-state index contributed by atoms with van der Waals surface area (Å²) in [5.74, 6) is 0.587. The maximum atomic E-state index is 4.37. The van der Waals surface area contributed by atoms with Crippen molar-refractivity contribution in [3.8, 4) is 16.8 Å². The van der Waals surface area contributed by atoms with E-state index in [1.165, 1.54) is 6.33 Å².